The number of rotatable bonds is 3. The third-order valence-electron chi connectivity index (χ3n) is 2.47. The normalized spacial score (nSPS) is 11.6. The Kier molecular flexibility index (Phi) is 4.29. The molecule has 0 saturated heterocycles. The Hall–Kier alpha value is -1.35. The zero-order valence-corrected chi connectivity index (χ0v) is 11.4. The molecule has 3 heteroatoms. The van der Waals surface area contributed by atoms with Gasteiger partial charge in [-0.1, -0.05) is 39.0 Å². The molecule has 3 nitrogen and oxygen atoms in total. The van der Waals surface area contributed by atoms with E-state index in [4.69, 9.17) is 0 Å². The van der Waals surface area contributed by atoms with Gasteiger partial charge in [0.2, 0.25) is 5.91 Å². The molecule has 0 aliphatic rings. The molecular formula is C14H22N2O. The molecule has 0 aromatic heterocycles. The maximum absolute atomic E-state index is 11.7. The molecule has 0 radical (unpaired) electrons. The molecule has 0 fully saturated rings. The lowest BCUT2D eigenvalue weighted by atomic mass is 9.86. The maximum atomic E-state index is 11.7. The van der Waals surface area contributed by atoms with E-state index in [0.29, 0.717) is 6.54 Å². The van der Waals surface area contributed by atoms with E-state index in [2.05, 4.69) is 32.2 Å². The fourth-order valence-electron chi connectivity index (χ4n) is 1.72. The molecular weight excluding hydrogens is 212 g/mol. The summed E-state index contributed by atoms with van der Waals surface area (Å²) in [7, 11) is 3.77. The van der Waals surface area contributed by atoms with Crippen LogP contribution < -0.4 is 5.32 Å². The summed E-state index contributed by atoms with van der Waals surface area (Å²) in [5, 5.41) is 2.97. The van der Waals surface area contributed by atoms with Crippen molar-refractivity contribution < 1.29 is 4.79 Å². The molecule has 0 heterocycles. The number of nitrogens with one attached hydrogen (secondary N) is 1. The second-order valence-electron chi connectivity index (χ2n) is 5.58. The minimum Gasteiger partial charge on any atom is -0.325 e. The van der Waals surface area contributed by atoms with E-state index in [-0.39, 0.29) is 11.3 Å². The zero-order chi connectivity index (χ0) is 13.1. The number of para-hydroxylation sites is 1. The van der Waals surface area contributed by atoms with Crippen LogP contribution in [0.1, 0.15) is 26.3 Å². The van der Waals surface area contributed by atoms with E-state index in [1.165, 1.54) is 0 Å². The average molecular weight is 234 g/mol. The summed E-state index contributed by atoms with van der Waals surface area (Å²) in [6.07, 6.45) is 0. The molecule has 1 rings (SSSR count). The number of carbonyl (C=O) groups excluding carboxylic acids is 1. The summed E-state index contributed by atoms with van der Waals surface area (Å²) in [6.45, 7) is 6.83. The number of nitrogens with zero attached hydrogens (tertiary/aromatic N) is 1. The van der Waals surface area contributed by atoms with Crippen molar-refractivity contribution in [3.05, 3.63) is 29.8 Å². The van der Waals surface area contributed by atoms with Gasteiger partial charge in [0.25, 0.3) is 0 Å². The van der Waals surface area contributed by atoms with Crippen molar-refractivity contribution in [2.24, 2.45) is 0 Å². The van der Waals surface area contributed by atoms with Crippen LogP contribution in [0.5, 0.6) is 0 Å². The summed E-state index contributed by atoms with van der Waals surface area (Å²) >= 11 is 0. The molecule has 1 amide bonds. The fourth-order valence-corrected chi connectivity index (χ4v) is 1.72. The van der Waals surface area contributed by atoms with E-state index < -0.39 is 0 Å². The van der Waals surface area contributed by atoms with Crippen molar-refractivity contribution >= 4 is 11.6 Å². The number of anilines is 1. The summed E-state index contributed by atoms with van der Waals surface area (Å²) in [5.41, 5.74) is 2.10. The van der Waals surface area contributed by atoms with Gasteiger partial charge >= 0.3 is 0 Å². The Bertz CT molecular complexity index is 391. The first-order chi connectivity index (χ1) is 7.80. The Labute approximate surface area is 104 Å². The molecule has 1 N–H and O–H groups in total. The van der Waals surface area contributed by atoms with Crippen LogP contribution >= 0.6 is 0 Å². The quantitative estimate of drug-likeness (QED) is 0.871. The Balaban J connectivity index is 2.88. The lowest BCUT2D eigenvalue weighted by Crippen LogP contribution is -2.28. The Morgan fingerprint density at radius 1 is 1.24 bits per heavy atom. The van der Waals surface area contributed by atoms with Crippen molar-refractivity contribution in [2.75, 3.05) is 26.0 Å². The largest absolute Gasteiger partial charge is 0.325 e. The molecule has 94 valence electrons. The van der Waals surface area contributed by atoms with Crippen LogP contribution in [0.2, 0.25) is 0 Å². The SMILES string of the molecule is CN(C)CC(=O)Nc1ccccc1C(C)(C)C. The van der Waals surface area contributed by atoms with E-state index in [0.717, 1.165) is 11.3 Å². The van der Waals surface area contributed by atoms with Gasteiger partial charge < -0.3 is 10.2 Å². The smallest absolute Gasteiger partial charge is 0.238 e. The second-order valence-corrected chi connectivity index (χ2v) is 5.58. The zero-order valence-electron chi connectivity index (χ0n) is 11.4. The van der Waals surface area contributed by atoms with E-state index in [9.17, 15) is 4.79 Å². The topological polar surface area (TPSA) is 32.3 Å². The predicted octanol–water partition coefficient (Wildman–Crippen LogP) is 2.48. The number of benzene rings is 1. The monoisotopic (exact) mass is 234 g/mol. The van der Waals surface area contributed by atoms with E-state index in [1.807, 2.05) is 37.2 Å². The minimum atomic E-state index is 0.0201. The van der Waals surface area contributed by atoms with Crippen molar-refractivity contribution in [3.8, 4) is 0 Å². The third-order valence-corrected chi connectivity index (χ3v) is 2.47. The fraction of sp³-hybridized carbons (Fsp3) is 0.500. The summed E-state index contributed by atoms with van der Waals surface area (Å²) in [6, 6.07) is 7.96. The highest BCUT2D eigenvalue weighted by atomic mass is 16.2. The molecule has 0 atom stereocenters. The van der Waals surface area contributed by atoms with Gasteiger partial charge in [-0.3, -0.25) is 4.79 Å². The van der Waals surface area contributed by atoms with Crippen molar-refractivity contribution in [2.45, 2.75) is 26.2 Å². The molecule has 0 aliphatic heterocycles. The standard InChI is InChI=1S/C14H22N2O/c1-14(2,3)11-8-6-7-9-12(11)15-13(17)10-16(4)5/h6-9H,10H2,1-5H3,(H,15,17). The molecule has 1 aromatic carbocycles. The van der Waals surface area contributed by atoms with Gasteiger partial charge in [-0.05, 0) is 31.1 Å². The predicted molar refractivity (Wildman–Crippen MR) is 72.3 cm³/mol. The number of carbonyl (C=O) groups is 1. The minimum absolute atomic E-state index is 0.0201. The van der Waals surface area contributed by atoms with Crippen molar-refractivity contribution in [3.63, 3.8) is 0 Å². The average Bonchev–Trinajstić information content (AvgIpc) is 2.15. The highest BCUT2D eigenvalue weighted by molar-refractivity contribution is 5.93. The Morgan fingerprint density at radius 2 is 1.82 bits per heavy atom. The highest BCUT2D eigenvalue weighted by Gasteiger charge is 2.18. The van der Waals surface area contributed by atoms with Crippen molar-refractivity contribution in [1.82, 2.24) is 4.90 Å². The van der Waals surface area contributed by atoms with Crippen LogP contribution in [0.15, 0.2) is 24.3 Å². The summed E-state index contributed by atoms with van der Waals surface area (Å²) in [4.78, 5) is 13.6. The maximum Gasteiger partial charge on any atom is 0.238 e. The Morgan fingerprint density at radius 3 is 2.35 bits per heavy atom. The van der Waals surface area contributed by atoms with Crippen LogP contribution in [0.3, 0.4) is 0 Å². The first-order valence-corrected chi connectivity index (χ1v) is 5.85. The first kappa shape index (κ1) is 13.7. The van der Waals surface area contributed by atoms with Gasteiger partial charge in [0.05, 0.1) is 6.54 Å². The van der Waals surface area contributed by atoms with Gasteiger partial charge in [-0.15, -0.1) is 0 Å². The lowest BCUT2D eigenvalue weighted by molar-refractivity contribution is -0.116. The van der Waals surface area contributed by atoms with Crippen LogP contribution in [0.25, 0.3) is 0 Å². The number of likely N-dealkylation sites (N-methyl/N-ethyl adjacent to an activating group) is 1. The molecule has 0 spiro atoms. The molecule has 0 aliphatic carbocycles. The third kappa shape index (κ3) is 4.19. The molecule has 17 heavy (non-hydrogen) atoms. The van der Waals surface area contributed by atoms with Crippen LogP contribution in [-0.2, 0) is 10.2 Å². The van der Waals surface area contributed by atoms with Gasteiger partial charge in [0.1, 0.15) is 0 Å². The number of hydrogen-bond acceptors (Lipinski definition) is 2. The van der Waals surface area contributed by atoms with Crippen LogP contribution in [0, 0.1) is 0 Å². The molecule has 0 saturated carbocycles. The first-order valence-electron chi connectivity index (χ1n) is 5.85. The summed E-state index contributed by atoms with van der Waals surface area (Å²) in [5.74, 6) is 0.0201. The van der Waals surface area contributed by atoms with Crippen LogP contribution in [0.4, 0.5) is 5.69 Å². The van der Waals surface area contributed by atoms with Gasteiger partial charge in [0.15, 0.2) is 0 Å². The van der Waals surface area contributed by atoms with Gasteiger partial charge in [0, 0.05) is 5.69 Å². The molecule has 0 bridgehead atoms. The molecule has 0 unspecified atom stereocenters. The summed E-state index contributed by atoms with van der Waals surface area (Å²) < 4.78 is 0. The van der Waals surface area contributed by atoms with E-state index in [1.54, 1.807) is 0 Å². The van der Waals surface area contributed by atoms with Gasteiger partial charge in [-0.2, -0.15) is 0 Å². The molecule has 1 aromatic rings. The van der Waals surface area contributed by atoms with Crippen molar-refractivity contribution in [1.29, 1.82) is 0 Å². The lowest BCUT2D eigenvalue weighted by Gasteiger charge is -2.23. The van der Waals surface area contributed by atoms with Gasteiger partial charge in [-0.25, -0.2) is 0 Å². The highest BCUT2D eigenvalue weighted by Crippen LogP contribution is 2.29. The van der Waals surface area contributed by atoms with Crippen LogP contribution in [-0.4, -0.2) is 31.4 Å². The van der Waals surface area contributed by atoms with E-state index >= 15 is 0 Å². The number of amides is 1. The number of hydrogen-bond donors (Lipinski definition) is 1. The second kappa shape index (κ2) is 5.32.